The van der Waals surface area contributed by atoms with Crippen LogP contribution in [0.3, 0.4) is 0 Å². The number of aromatic nitrogens is 1. The number of nitriles is 1. The van der Waals surface area contributed by atoms with Crippen molar-refractivity contribution in [3.05, 3.63) is 46.8 Å². The molecule has 1 fully saturated rings. The highest BCUT2D eigenvalue weighted by molar-refractivity contribution is 7.89. The number of sulfonamides is 1. The number of aryl methyl sites for hydroxylation is 2. The summed E-state index contributed by atoms with van der Waals surface area (Å²) in [7, 11) is -3.59. The quantitative estimate of drug-likeness (QED) is 0.814. The summed E-state index contributed by atoms with van der Waals surface area (Å²) in [5.74, 6) is 0.334. The molecule has 0 bridgehead atoms. The van der Waals surface area contributed by atoms with E-state index in [9.17, 15) is 8.42 Å². The summed E-state index contributed by atoms with van der Waals surface area (Å²) in [6, 6.07) is 9.62. The molecule has 0 unspecified atom stereocenters. The Hall–Kier alpha value is -2.21. The highest BCUT2D eigenvalue weighted by Crippen LogP contribution is 2.24. The van der Waals surface area contributed by atoms with Gasteiger partial charge >= 0.3 is 0 Å². The number of hydrogen-bond donors (Lipinski definition) is 0. The number of hydrogen-bond acceptors (Lipinski definition) is 6. The van der Waals surface area contributed by atoms with Gasteiger partial charge < -0.3 is 4.52 Å². The van der Waals surface area contributed by atoms with Crippen LogP contribution in [-0.2, 0) is 16.6 Å². The zero-order chi connectivity index (χ0) is 18.7. The fourth-order valence-corrected chi connectivity index (χ4v) is 5.02. The molecule has 0 atom stereocenters. The lowest BCUT2D eigenvalue weighted by atomic mass is 10.1. The zero-order valence-corrected chi connectivity index (χ0v) is 15.8. The second-order valence-electron chi connectivity index (χ2n) is 6.50. The van der Waals surface area contributed by atoms with Crippen LogP contribution in [0.15, 0.2) is 33.7 Å². The Bertz CT molecular complexity index is 893. The van der Waals surface area contributed by atoms with E-state index in [0.717, 1.165) is 25.1 Å². The monoisotopic (exact) mass is 374 g/mol. The summed E-state index contributed by atoms with van der Waals surface area (Å²) in [6.45, 7) is 6.42. The van der Waals surface area contributed by atoms with Crippen LogP contribution in [0.25, 0.3) is 0 Å². The van der Waals surface area contributed by atoms with E-state index in [1.54, 1.807) is 26.0 Å². The first-order valence-electron chi connectivity index (χ1n) is 8.56. The molecule has 2 heterocycles. The first kappa shape index (κ1) is 18.6. The van der Waals surface area contributed by atoms with Crippen molar-refractivity contribution < 1.29 is 12.9 Å². The fraction of sp³-hybridized carbons (Fsp3) is 0.444. The average molecular weight is 374 g/mol. The largest absolute Gasteiger partial charge is 0.360 e. The van der Waals surface area contributed by atoms with Gasteiger partial charge in [-0.1, -0.05) is 17.3 Å². The van der Waals surface area contributed by atoms with Gasteiger partial charge in [-0.15, -0.1) is 0 Å². The van der Waals surface area contributed by atoms with Crippen LogP contribution >= 0.6 is 0 Å². The van der Waals surface area contributed by atoms with Crippen LogP contribution in [0.4, 0.5) is 0 Å². The van der Waals surface area contributed by atoms with Gasteiger partial charge in [0, 0.05) is 26.2 Å². The van der Waals surface area contributed by atoms with Gasteiger partial charge in [0.05, 0.1) is 11.6 Å². The maximum absolute atomic E-state index is 13.0. The molecular formula is C18H22N4O3S. The van der Waals surface area contributed by atoms with Crippen molar-refractivity contribution in [3.63, 3.8) is 0 Å². The molecule has 1 aromatic carbocycles. The highest BCUT2D eigenvalue weighted by atomic mass is 32.2. The Morgan fingerprint density at radius 1 is 1.15 bits per heavy atom. The van der Waals surface area contributed by atoms with E-state index < -0.39 is 10.0 Å². The van der Waals surface area contributed by atoms with E-state index in [4.69, 9.17) is 9.78 Å². The normalized spacial score (nSPS) is 17.0. The zero-order valence-electron chi connectivity index (χ0n) is 15.0. The molecule has 26 heavy (non-hydrogen) atoms. The maximum atomic E-state index is 13.0. The average Bonchev–Trinajstić information content (AvgIpc) is 2.82. The summed E-state index contributed by atoms with van der Waals surface area (Å²) in [4.78, 5) is 2.43. The molecule has 3 rings (SSSR count). The van der Waals surface area contributed by atoms with Gasteiger partial charge in [-0.25, -0.2) is 8.42 Å². The molecule has 2 aromatic rings. The van der Waals surface area contributed by atoms with Crippen molar-refractivity contribution in [1.82, 2.24) is 14.4 Å². The molecule has 0 spiro atoms. The van der Waals surface area contributed by atoms with Crippen molar-refractivity contribution in [2.24, 2.45) is 0 Å². The van der Waals surface area contributed by atoms with Crippen molar-refractivity contribution in [2.75, 3.05) is 26.2 Å². The second-order valence-corrected chi connectivity index (χ2v) is 8.37. The van der Waals surface area contributed by atoms with Gasteiger partial charge in [-0.3, -0.25) is 4.90 Å². The maximum Gasteiger partial charge on any atom is 0.248 e. The summed E-state index contributed by atoms with van der Waals surface area (Å²) >= 11 is 0. The molecule has 1 aromatic heterocycles. The van der Waals surface area contributed by atoms with Gasteiger partial charge in [0.2, 0.25) is 10.0 Å². The predicted molar refractivity (Wildman–Crippen MR) is 95.8 cm³/mol. The minimum Gasteiger partial charge on any atom is -0.360 e. The van der Waals surface area contributed by atoms with Crippen LogP contribution in [0.5, 0.6) is 0 Å². The van der Waals surface area contributed by atoms with E-state index >= 15 is 0 Å². The molecule has 7 nitrogen and oxygen atoms in total. The van der Waals surface area contributed by atoms with Crippen LogP contribution < -0.4 is 0 Å². The standard InChI is InChI=1S/C18H22N4O3S/c1-14-18(15(2)25-20-14)26(23,24)22-9-3-8-21(10-11-22)13-17-6-4-16(12-19)5-7-17/h4-7H,3,8-11,13H2,1-2H3. The van der Waals surface area contributed by atoms with Gasteiger partial charge in [0.1, 0.15) is 10.6 Å². The molecule has 1 aliphatic rings. The molecule has 1 saturated heterocycles. The summed E-state index contributed by atoms with van der Waals surface area (Å²) in [6.07, 6.45) is 0.763. The number of nitrogens with zero attached hydrogens (tertiary/aromatic N) is 4. The second kappa shape index (κ2) is 7.58. The van der Waals surface area contributed by atoms with Crippen LogP contribution in [0, 0.1) is 25.2 Å². The van der Waals surface area contributed by atoms with E-state index in [-0.39, 0.29) is 4.90 Å². The molecule has 0 N–H and O–H groups in total. The first-order chi connectivity index (χ1) is 12.4. The molecule has 8 heteroatoms. The third-order valence-corrected chi connectivity index (χ3v) is 6.75. The predicted octanol–water partition coefficient (Wildman–Crippen LogP) is 2.06. The van der Waals surface area contributed by atoms with E-state index in [1.807, 2.05) is 12.1 Å². The Labute approximate surface area is 153 Å². The topological polar surface area (TPSA) is 90.4 Å². The van der Waals surface area contributed by atoms with Crippen molar-refractivity contribution >= 4 is 10.0 Å². The van der Waals surface area contributed by atoms with Crippen molar-refractivity contribution in [2.45, 2.75) is 31.7 Å². The van der Waals surface area contributed by atoms with Crippen molar-refractivity contribution in [1.29, 1.82) is 5.26 Å². The minimum atomic E-state index is -3.59. The molecule has 0 amide bonds. The van der Waals surface area contributed by atoms with Gasteiger partial charge in [-0.05, 0) is 44.5 Å². The number of benzene rings is 1. The Balaban J connectivity index is 1.69. The fourth-order valence-electron chi connectivity index (χ4n) is 3.26. The van der Waals surface area contributed by atoms with Gasteiger partial charge in [0.25, 0.3) is 0 Å². The molecule has 138 valence electrons. The SMILES string of the molecule is Cc1noc(C)c1S(=O)(=O)N1CCCN(Cc2ccc(C#N)cc2)CC1. The third kappa shape index (κ3) is 3.80. The summed E-state index contributed by atoms with van der Waals surface area (Å²) in [5, 5.41) is 12.6. The smallest absolute Gasteiger partial charge is 0.248 e. The lowest BCUT2D eigenvalue weighted by molar-refractivity contribution is 0.278. The number of rotatable bonds is 4. The third-order valence-electron chi connectivity index (χ3n) is 4.60. The van der Waals surface area contributed by atoms with E-state index in [0.29, 0.717) is 36.7 Å². The lowest BCUT2D eigenvalue weighted by Gasteiger charge is -2.21. The first-order valence-corrected chi connectivity index (χ1v) is 10.0. The van der Waals surface area contributed by atoms with Crippen LogP contribution in [0.1, 0.15) is 29.0 Å². The minimum absolute atomic E-state index is 0.193. The van der Waals surface area contributed by atoms with Gasteiger partial charge in [-0.2, -0.15) is 9.57 Å². The summed E-state index contributed by atoms with van der Waals surface area (Å²) in [5.41, 5.74) is 2.16. The van der Waals surface area contributed by atoms with E-state index in [1.165, 1.54) is 4.31 Å². The van der Waals surface area contributed by atoms with E-state index in [2.05, 4.69) is 16.1 Å². The molecule has 0 radical (unpaired) electrons. The van der Waals surface area contributed by atoms with Crippen LogP contribution in [-0.4, -0.2) is 49.0 Å². The Morgan fingerprint density at radius 3 is 2.50 bits per heavy atom. The van der Waals surface area contributed by atoms with Gasteiger partial charge in [0.15, 0.2) is 5.76 Å². The Kier molecular flexibility index (Phi) is 5.41. The van der Waals surface area contributed by atoms with Crippen molar-refractivity contribution in [3.8, 4) is 6.07 Å². The molecular weight excluding hydrogens is 352 g/mol. The Morgan fingerprint density at radius 2 is 1.88 bits per heavy atom. The highest BCUT2D eigenvalue weighted by Gasteiger charge is 2.32. The van der Waals surface area contributed by atoms with Crippen LogP contribution in [0.2, 0.25) is 0 Å². The summed E-state index contributed by atoms with van der Waals surface area (Å²) < 4.78 is 32.5. The lowest BCUT2D eigenvalue weighted by Crippen LogP contribution is -2.35. The molecule has 0 saturated carbocycles. The molecule has 0 aliphatic carbocycles. The molecule has 1 aliphatic heterocycles.